The molecule has 178 valence electrons. The fourth-order valence-electron chi connectivity index (χ4n) is 3.29. The number of esters is 2. The molecule has 2 aromatic rings. The van der Waals surface area contributed by atoms with Gasteiger partial charge in [0.15, 0.2) is 24.3 Å². The van der Waals surface area contributed by atoms with Gasteiger partial charge in [0.05, 0.1) is 5.56 Å². The molecule has 1 fully saturated rings. The van der Waals surface area contributed by atoms with Crippen molar-refractivity contribution >= 4 is 19.5 Å². The highest BCUT2D eigenvalue weighted by molar-refractivity contribution is 7.51. The SMILES string of the molecule is CC(=O)O[C@H]1[C@@H](OCP(=O)(O)O)O[C@@H](n2ccc(=O)[nH]c2=O)C1(C)OC(=O)c1ccccc1. The fraction of sp³-hybridized carbons (Fsp3) is 0.368. The molecule has 0 spiro atoms. The van der Waals surface area contributed by atoms with E-state index in [4.69, 9.17) is 18.9 Å². The lowest BCUT2D eigenvalue weighted by Gasteiger charge is -2.34. The van der Waals surface area contributed by atoms with Gasteiger partial charge in [-0.25, -0.2) is 9.59 Å². The first-order valence-electron chi connectivity index (χ1n) is 9.49. The maximum absolute atomic E-state index is 12.8. The Morgan fingerprint density at radius 2 is 1.88 bits per heavy atom. The summed E-state index contributed by atoms with van der Waals surface area (Å²) in [4.78, 5) is 68.9. The molecule has 0 saturated carbocycles. The van der Waals surface area contributed by atoms with E-state index in [-0.39, 0.29) is 5.56 Å². The molecule has 0 amide bonds. The first kappa shape index (κ1) is 24.6. The Morgan fingerprint density at radius 1 is 1.21 bits per heavy atom. The first-order valence-corrected chi connectivity index (χ1v) is 11.3. The summed E-state index contributed by atoms with van der Waals surface area (Å²) in [5.41, 5.74) is -3.44. The molecule has 13 nitrogen and oxygen atoms in total. The van der Waals surface area contributed by atoms with Crippen LogP contribution in [0.1, 0.15) is 30.4 Å². The Labute approximate surface area is 186 Å². The third kappa shape index (κ3) is 5.64. The van der Waals surface area contributed by atoms with Crippen LogP contribution in [0.2, 0.25) is 0 Å². The molecule has 2 heterocycles. The Morgan fingerprint density at radius 3 is 2.45 bits per heavy atom. The van der Waals surface area contributed by atoms with E-state index in [1.165, 1.54) is 19.1 Å². The number of H-pyrrole nitrogens is 1. The van der Waals surface area contributed by atoms with E-state index in [1.807, 2.05) is 4.98 Å². The smallest absolute Gasteiger partial charge is 0.351 e. The Balaban J connectivity index is 2.08. The second-order valence-corrected chi connectivity index (χ2v) is 8.89. The van der Waals surface area contributed by atoms with E-state index in [2.05, 4.69) is 0 Å². The highest BCUT2D eigenvalue weighted by Gasteiger charge is 2.61. The second-order valence-electron chi connectivity index (χ2n) is 7.30. The number of nitrogens with one attached hydrogen (secondary N) is 1. The maximum Gasteiger partial charge on any atom is 0.351 e. The number of carbonyl (C=O) groups excluding carboxylic acids is 2. The quantitative estimate of drug-likeness (QED) is 0.357. The predicted molar refractivity (Wildman–Crippen MR) is 109 cm³/mol. The maximum atomic E-state index is 12.8. The van der Waals surface area contributed by atoms with Gasteiger partial charge in [-0.15, -0.1) is 0 Å². The molecule has 3 N–H and O–H groups in total. The summed E-state index contributed by atoms with van der Waals surface area (Å²) in [6, 6.07) is 8.78. The van der Waals surface area contributed by atoms with Crippen molar-refractivity contribution in [2.24, 2.45) is 0 Å². The molecule has 1 unspecified atom stereocenters. The highest BCUT2D eigenvalue weighted by Crippen LogP contribution is 2.45. The zero-order chi connectivity index (χ0) is 24.4. The summed E-state index contributed by atoms with van der Waals surface area (Å²) in [5.74, 6) is -1.71. The molecule has 33 heavy (non-hydrogen) atoms. The summed E-state index contributed by atoms with van der Waals surface area (Å²) in [6.07, 6.45) is -4.74. The topological polar surface area (TPSA) is 183 Å². The first-order chi connectivity index (χ1) is 15.4. The van der Waals surface area contributed by atoms with Gasteiger partial charge in [0.25, 0.3) is 5.56 Å². The lowest BCUT2D eigenvalue weighted by molar-refractivity contribution is -0.187. The number of benzene rings is 1. The third-order valence-corrected chi connectivity index (χ3v) is 5.18. The van der Waals surface area contributed by atoms with Gasteiger partial charge in [0, 0.05) is 19.2 Å². The van der Waals surface area contributed by atoms with Gasteiger partial charge >= 0.3 is 25.2 Å². The van der Waals surface area contributed by atoms with Crippen LogP contribution >= 0.6 is 7.60 Å². The standard InChI is InChI=1S/C19H21N2O11P/c1-11(22)30-14-16(29-10-33(26,27)28)31-17(21-9-8-13(23)20-18(21)25)19(14,2)32-15(24)12-6-4-3-5-7-12/h3-9,14,16-17H,10H2,1-2H3,(H,20,23,25)(H2,26,27,28)/t14-,16-,17+,19?/m0/s1. The minimum absolute atomic E-state index is 0.132. The minimum Gasteiger partial charge on any atom is -0.453 e. The molecule has 1 aliphatic rings. The molecule has 1 aromatic heterocycles. The normalized spacial score (nSPS) is 24.9. The number of aromatic nitrogens is 2. The van der Waals surface area contributed by atoms with E-state index < -0.39 is 61.4 Å². The van der Waals surface area contributed by atoms with Crippen LogP contribution in [-0.2, 0) is 28.3 Å². The van der Waals surface area contributed by atoms with Crippen LogP contribution in [0.4, 0.5) is 0 Å². The van der Waals surface area contributed by atoms with Crippen molar-refractivity contribution in [1.29, 1.82) is 0 Å². The van der Waals surface area contributed by atoms with Crippen LogP contribution in [-0.4, -0.2) is 55.6 Å². The van der Waals surface area contributed by atoms with Crippen LogP contribution < -0.4 is 11.2 Å². The summed E-state index contributed by atoms with van der Waals surface area (Å²) in [6.45, 7) is 2.35. The summed E-state index contributed by atoms with van der Waals surface area (Å²) in [5, 5.41) is 0. The number of rotatable bonds is 7. The molecule has 0 radical (unpaired) electrons. The molecule has 0 bridgehead atoms. The van der Waals surface area contributed by atoms with E-state index in [1.54, 1.807) is 18.2 Å². The Bertz CT molecular complexity index is 1190. The van der Waals surface area contributed by atoms with E-state index in [9.17, 15) is 33.5 Å². The Hall–Kier alpha value is -3.09. The van der Waals surface area contributed by atoms with Crippen molar-refractivity contribution in [3.05, 3.63) is 69.0 Å². The van der Waals surface area contributed by atoms with Crippen LogP contribution in [0, 0.1) is 0 Å². The van der Waals surface area contributed by atoms with Crippen LogP contribution in [0.3, 0.4) is 0 Å². The molecule has 14 heteroatoms. The summed E-state index contributed by atoms with van der Waals surface area (Å²) < 4.78 is 33.9. The number of hydrogen-bond donors (Lipinski definition) is 3. The molecular formula is C19H21N2O11P. The van der Waals surface area contributed by atoms with Crippen molar-refractivity contribution in [3.63, 3.8) is 0 Å². The fourth-order valence-corrected chi connectivity index (χ4v) is 3.63. The lowest BCUT2D eigenvalue weighted by Crippen LogP contribution is -2.51. The molecule has 4 atom stereocenters. The van der Waals surface area contributed by atoms with Crippen LogP contribution in [0.5, 0.6) is 0 Å². The molecule has 0 aliphatic carbocycles. The molecule has 1 aromatic carbocycles. The van der Waals surface area contributed by atoms with Crippen LogP contribution in [0.15, 0.2) is 52.2 Å². The van der Waals surface area contributed by atoms with Crippen LogP contribution in [0.25, 0.3) is 0 Å². The molecular weight excluding hydrogens is 463 g/mol. The van der Waals surface area contributed by atoms with Crippen molar-refractivity contribution in [1.82, 2.24) is 9.55 Å². The molecule has 1 aliphatic heterocycles. The zero-order valence-corrected chi connectivity index (χ0v) is 18.3. The zero-order valence-electron chi connectivity index (χ0n) is 17.4. The lowest BCUT2D eigenvalue weighted by atomic mass is 9.98. The van der Waals surface area contributed by atoms with Crippen molar-refractivity contribution < 1.29 is 42.9 Å². The number of aromatic amines is 1. The van der Waals surface area contributed by atoms with E-state index >= 15 is 0 Å². The second kappa shape index (κ2) is 9.41. The monoisotopic (exact) mass is 484 g/mol. The number of carbonyl (C=O) groups is 2. The van der Waals surface area contributed by atoms with Gasteiger partial charge in [0.2, 0.25) is 6.29 Å². The van der Waals surface area contributed by atoms with Gasteiger partial charge in [-0.2, -0.15) is 0 Å². The van der Waals surface area contributed by atoms with Gasteiger partial charge < -0.3 is 28.7 Å². The molecule has 3 rings (SSSR count). The van der Waals surface area contributed by atoms with Crippen molar-refractivity contribution in [3.8, 4) is 0 Å². The average Bonchev–Trinajstić information content (AvgIpc) is 2.98. The largest absolute Gasteiger partial charge is 0.453 e. The minimum atomic E-state index is -4.67. The van der Waals surface area contributed by atoms with Gasteiger partial charge in [-0.3, -0.25) is 23.7 Å². The average molecular weight is 484 g/mol. The van der Waals surface area contributed by atoms with Gasteiger partial charge in [0.1, 0.15) is 0 Å². The third-order valence-electron chi connectivity index (χ3n) is 4.69. The van der Waals surface area contributed by atoms with Gasteiger partial charge in [-0.1, -0.05) is 18.2 Å². The highest BCUT2D eigenvalue weighted by atomic mass is 31.2. The van der Waals surface area contributed by atoms with E-state index in [0.29, 0.717) is 0 Å². The summed E-state index contributed by atoms with van der Waals surface area (Å²) in [7, 11) is -4.67. The van der Waals surface area contributed by atoms with Crippen molar-refractivity contribution in [2.45, 2.75) is 38.1 Å². The Kier molecular flexibility index (Phi) is 7.00. The number of nitrogens with zero attached hydrogens (tertiary/aromatic N) is 1. The molecule has 1 saturated heterocycles. The predicted octanol–water partition coefficient (Wildman–Crippen LogP) is 0.0907. The summed E-state index contributed by atoms with van der Waals surface area (Å²) >= 11 is 0. The number of ether oxygens (including phenoxy) is 4. The van der Waals surface area contributed by atoms with Gasteiger partial charge in [-0.05, 0) is 19.1 Å². The van der Waals surface area contributed by atoms with E-state index in [0.717, 1.165) is 23.8 Å². The number of hydrogen-bond acceptors (Lipinski definition) is 9. The van der Waals surface area contributed by atoms with Crippen molar-refractivity contribution in [2.75, 3.05) is 6.35 Å².